The lowest BCUT2D eigenvalue weighted by Crippen LogP contribution is -2.22. The Labute approximate surface area is 177 Å². The van der Waals surface area contributed by atoms with Gasteiger partial charge in [0.1, 0.15) is 5.60 Å². The van der Waals surface area contributed by atoms with Gasteiger partial charge >= 0.3 is 0 Å². The molecule has 2 heteroatoms. The van der Waals surface area contributed by atoms with Gasteiger partial charge in [0.25, 0.3) is 0 Å². The summed E-state index contributed by atoms with van der Waals surface area (Å²) in [7, 11) is 0. The second-order valence-corrected chi connectivity index (χ2v) is 7.67. The Morgan fingerprint density at radius 1 is 0.690 bits per heavy atom. The highest BCUT2D eigenvalue weighted by Crippen LogP contribution is 2.28. The van der Waals surface area contributed by atoms with Gasteiger partial charge in [0.2, 0.25) is 0 Å². The SMILES string of the molecule is CC.CC(C)c1cncc(C(C)C)c1.CC(O)(c1ccccc1)c1ccccc1. The van der Waals surface area contributed by atoms with E-state index in [-0.39, 0.29) is 0 Å². The van der Waals surface area contributed by atoms with Crippen LogP contribution in [0.5, 0.6) is 0 Å². The first kappa shape index (κ1) is 24.6. The lowest BCUT2D eigenvalue weighted by Gasteiger charge is -2.24. The van der Waals surface area contributed by atoms with Crippen molar-refractivity contribution in [2.45, 2.75) is 65.9 Å². The molecule has 3 rings (SSSR count). The minimum absolute atomic E-state index is 0.580. The Bertz CT molecular complexity index is 743. The fraction of sp³-hybridized carbons (Fsp3) is 0.370. The Hall–Kier alpha value is -2.45. The molecule has 3 aromatic rings. The van der Waals surface area contributed by atoms with E-state index in [1.807, 2.05) is 93.8 Å². The second-order valence-electron chi connectivity index (χ2n) is 7.67. The predicted molar refractivity (Wildman–Crippen MR) is 125 cm³/mol. The number of hydrogen-bond donors (Lipinski definition) is 1. The monoisotopic (exact) mass is 391 g/mol. The summed E-state index contributed by atoms with van der Waals surface area (Å²) in [6.07, 6.45) is 3.91. The highest BCUT2D eigenvalue weighted by molar-refractivity contribution is 5.34. The maximum atomic E-state index is 10.5. The van der Waals surface area contributed by atoms with Gasteiger partial charge in [0, 0.05) is 12.4 Å². The van der Waals surface area contributed by atoms with E-state index in [9.17, 15) is 5.11 Å². The van der Waals surface area contributed by atoms with Crippen LogP contribution in [0.2, 0.25) is 0 Å². The minimum atomic E-state index is -0.914. The molecule has 0 bridgehead atoms. The molecule has 0 spiro atoms. The molecule has 0 amide bonds. The molecule has 0 unspecified atom stereocenters. The van der Waals surface area contributed by atoms with Gasteiger partial charge in [-0.2, -0.15) is 0 Å². The average Bonchev–Trinajstić information content (AvgIpc) is 2.77. The van der Waals surface area contributed by atoms with Crippen molar-refractivity contribution in [1.29, 1.82) is 0 Å². The van der Waals surface area contributed by atoms with Crippen molar-refractivity contribution in [1.82, 2.24) is 4.98 Å². The highest BCUT2D eigenvalue weighted by Gasteiger charge is 2.24. The zero-order chi connectivity index (χ0) is 21.9. The summed E-state index contributed by atoms with van der Waals surface area (Å²) in [5.74, 6) is 1.16. The first-order valence-corrected chi connectivity index (χ1v) is 10.6. The molecule has 0 aliphatic heterocycles. The molecule has 0 fully saturated rings. The molecular weight excluding hydrogens is 354 g/mol. The van der Waals surface area contributed by atoms with E-state index < -0.39 is 5.60 Å². The molecule has 1 aromatic heterocycles. The van der Waals surface area contributed by atoms with Crippen LogP contribution < -0.4 is 0 Å². The molecule has 0 aliphatic rings. The maximum Gasteiger partial charge on any atom is 0.112 e. The lowest BCUT2D eigenvalue weighted by atomic mass is 9.88. The largest absolute Gasteiger partial charge is 0.381 e. The average molecular weight is 392 g/mol. The van der Waals surface area contributed by atoms with Crippen molar-refractivity contribution in [2.24, 2.45) is 0 Å². The number of hydrogen-bond acceptors (Lipinski definition) is 2. The lowest BCUT2D eigenvalue weighted by molar-refractivity contribution is 0.102. The van der Waals surface area contributed by atoms with E-state index in [4.69, 9.17) is 0 Å². The van der Waals surface area contributed by atoms with Gasteiger partial charge in [-0.15, -0.1) is 0 Å². The topological polar surface area (TPSA) is 33.1 Å². The van der Waals surface area contributed by atoms with Crippen molar-refractivity contribution in [3.05, 3.63) is 101 Å². The van der Waals surface area contributed by atoms with Crippen molar-refractivity contribution in [3.8, 4) is 0 Å². The number of nitrogens with zero attached hydrogens (tertiary/aromatic N) is 1. The van der Waals surface area contributed by atoms with Gasteiger partial charge in [-0.25, -0.2) is 0 Å². The molecule has 156 valence electrons. The first-order valence-electron chi connectivity index (χ1n) is 10.6. The third-order valence-electron chi connectivity index (χ3n) is 4.79. The molecular formula is C27H37NO. The quantitative estimate of drug-likeness (QED) is 0.506. The Morgan fingerprint density at radius 3 is 1.34 bits per heavy atom. The fourth-order valence-electron chi connectivity index (χ4n) is 2.80. The van der Waals surface area contributed by atoms with E-state index >= 15 is 0 Å². The number of benzene rings is 2. The van der Waals surface area contributed by atoms with Gasteiger partial charge in [-0.1, -0.05) is 108 Å². The van der Waals surface area contributed by atoms with Crippen LogP contribution >= 0.6 is 0 Å². The van der Waals surface area contributed by atoms with Crippen molar-refractivity contribution in [2.75, 3.05) is 0 Å². The smallest absolute Gasteiger partial charge is 0.112 e. The number of rotatable bonds is 4. The molecule has 0 saturated carbocycles. The fourth-order valence-corrected chi connectivity index (χ4v) is 2.80. The number of aromatic nitrogens is 1. The molecule has 2 aromatic carbocycles. The van der Waals surface area contributed by atoms with Crippen LogP contribution in [0.4, 0.5) is 0 Å². The Balaban J connectivity index is 0.000000273. The van der Waals surface area contributed by atoms with Crippen LogP contribution in [0.25, 0.3) is 0 Å². The summed E-state index contributed by atoms with van der Waals surface area (Å²) in [6, 6.07) is 21.6. The summed E-state index contributed by atoms with van der Waals surface area (Å²) in [5, 5.41) is 10.5. The Kier molecular flexibility index (Phi) is 10.3. The van der Waals surface area contributed by atoms with Gasteiger partial charge < -0.3 is 5.11 Å². The van der Waals surface area contributed by atoms with E-state index in [2.05, 4.69) is 38.7 Å². The minimum Gasteiger partial charge on any atom is -0.381 e. The van der Waals surface area contributed by atoms with Crippen molar-refractivity contribution >= 4 is 0 Å². The third kappa shape index (κ3) is 7.47. The zero-order valence-corrected chi connectivity index (χ0v) is 19.1. The van der Waals surface area contributed by atoms with Crippen LogP contribution in [-0.2, 0) is 5.60 Å². The zero-order valence-electron chi connectivity index (χ0n) is 19.1. The molecule has 2 nitrogen and oxygen atoms in total. The number of pyridine rings is 1. The predicted octanol–water partition coefficient (Wildman–Crippen LogP) is 7.30. The number of aliphatic hydroxyl groups is 1. The second kappa shape index (κ2) is 12.2. The van der Waals surface area contributed by atoms with E-state index in [0.717, 1.165) is 11.1 Å². The summed E-state index contributed by atoms with van der Waals surface area (Å²) in [6.45, 7) is 14.6. The van der Waals surface area contributed by atoms with Crippen LogP contribution in [-0.4, -0.2) is 10.1 Å². The summed E-state index contributed by atoms with van der Waals surface area (Å²) in [4.78, 5) is 4.23. The van der Waals surface area contributed by atoms with Crippen LogP contribution in [0.1, 0.15) is 82.6 Å². The van der Waals surface area contributed by atoms with Crippen LogP contribution in [0.3, 0.4) is 0 Å². The standard InChI is InChI=1S/C14H14O.C11H17N.C2H6/c1-14(15,12-8-4-2-5-9-12)13-10-6-3-7-11-13;1-8(2)10-5-11(9(3)4)7-12-6-10;1-2/h2-11,15H,1H3;5-9H,1-4H3;1-2H3. The third-order valence-corrected chi connectivity index (χ3v) is 4.79. The molecule has 0 aliphatic carbocycles. The van der Waals surface area contributed by atoms with E-state index in [1.165, 1.54) is 11.1 Å². The van der Waals surface area contributed by atoms with Crippen LogP contribution in [0, 0.1) is 0 Å². The van der Waals surface area contributed by atoms with Gasteiger partial charge in [-0.05, 0) is 41.0 Å². The normalized spacial score (nSPS) is 10.7. The first-order chi connectivity index (χ1) is 13.8. The van der Waals surface area contributed by atoms with Crippen molar-refractivity contribution in [3.63, 3.8) is 0 Å². The molecule has 1 N–H and O–H groups in total. The molecule has 29 heavy (non-hydrogen) atoms. The molecule has 0 atom stereocenters. The van der Waals surface area contributed by atoms with Gasteiger partial charge in [0.15, 0.2) is 0 Å². The van der Waals surface area contributed by atoms with E-state index in [0.29, 0.717) is 11.8 Å². The highest BCUT2D eigenvalue weighted by atomic mass is 16.3. The maximum absolute atomic E-state index is 10.5. The van der Waals surface area contributed by atoms with E-state index in [1.54, 1.807) is 0 Å². The summed E-state index contributed by atoms with van der Waals surface area (Å²) < 4.78 is 0. The molecule has 0 saturated heterocycles. The van der Waals surface area contributed by atoms with Crippen LogP contribution in [0.15, 0.2) is 79.1 Å². The molecule has 1 heterocycles. The summed E-state index contributed by atoms with van der Waals surface area (Å²) >= 11 is 0. The van der Waals surface area contributed by atoms with Crippen molar-refractivity contribution < 1.29 is 5.11 Å². The summed E-state index contributed by atoms with van der Waals surface area (Å²) in [5.41, 5.74) is 3.58. The molecule has 0 radical (unpaired) electrons. The van der Waals surface area contributed by atoms with Gasteiger partial charge in [0.05, 0.1) is 0 Å². The Morgan fingerprint density at radius 2 is 1.03 bits per heavy atom. The van der Waals surface area contributed by atoms with Gasteiger partial charge in [-0.3, -0.25) is 4.98 Å².